The second-order valence-corrected chi connectivity index (χ2v) is 6.40. The van der Waals surface area contributed by atoms with E-state index in [0.717, 1.165) is 38.3 Å². The van der Waals surface area contributed by atoms with E-state index >= 15 is 0 Å². The Bertz CT molecular complexity index is 662. The Balaban J connectivity index is 1.50. The van der Waals surface area contributed by atoms with Gasteiger partial charge in [-0.1, -0.05) is 42.5 Å². The van der Waals surface area contributed by atoms with Crippen LogP contribution in [0, 0.1) is 0 Å². The maximum Gasteiger partial charge on any atom is 0.310 e. The van der Waals surface area contributed by atoms with Crippen LogP contribution in [0.25, 0.3) is 0 Å². The third kappa shape index (κ3) is 5.07. The molecule has 0 saturated carbocycles. The molecule has 0 atom stereocenters. The largest absolute Gasteiger partial charge is 0.466 e. The summed E-state index contributed by atoms with van der Waals surface area (Å²) >= 11 is 0. The quantitative estimate of drug-likeness (QED) is 0.758. The lowest BCUT2D eigenvalue weighted by atomic mass is 10.1. The molecular formula is C21H26N2O2. The highest BCUT2D eigenvalue weighted by atomic mass is 16.5. The Labute approximate surface area is 150 Å². The van der Waals surface area contributed by atoms with Gasteiger partial charge in [0, 0.05) is 38.4 Å². The van der Waals surface area contributed by atoms with E-state index < -0.39 is 0 Å². The van der Waals surface area contributed by atoms with Gasteiger partial charge in [-0.3, -0.25) is 9.69 Å². The monoisotopic (exact) mass is 338 g/mol. The van der Waals surface area contributed by atoms with Gasteiger partial charge in [-0.2, -0.15) is 0 Å². The highest BCUT2D eigenvalue weighted by molar-refractivity contribution is 5.72. The van der Waals surface area contributed by atoms with Gasteiger partial charge in [-0.15, -0.1) is 0 Å². The van der Waals surface area contributed by atoms with Gasteiger partial charge in [-0.05, 0) is 30.2 Å². The smallest absolute Gasteiger partial charge is 0.310 e. The Morgan fingerprint density at radius 1 is 0.920 bits per heavy atom. The van der Waals surface area contributed by atoms with E-state index in [-0.39, 0.29) is 5.97 Å². The van der Waals surface area contributed by atoms with Gasteiger partial charge >= 0.3 is 5.97 Å². The van der Waals surface area contributed by atoms with Gasteiger partial charge in [0.25, 0.3) is 0 Å². The zero-order chi connectivity index (χ0) is 17.5. The van der Waals surface area contributed by atoms with Gasteiger partial charge in [0.2, 0.25) is 0 Å². The molecule has 1 aliphatic heterocycles. The number of carbonyl (C=O) groups excluding carboxylic acids is 1. The minimum absolute atomic E-state index is 0.162. The van der Waals surface area contributed by atoms with E-state index in [4.69, 9.17) is 4.74 Å². The molecule has 2 aromatic carbocycles. The van der Waals surface area contributed by atoms with E-state index in [0.29, 0.717) is 13.0 Å². The molecular weight excluding hydrogens is 312 g/mol. The molecule has 1 aliphatic rings. The predicted molar refractivity (Wildman–Crippen MR) is 101 cm³/mol. The van der Waals surface area contributed by atoms with Crippen molar-refractivity contribution in [3.05, 3.63) is 65.7 Å². The van der Waals surface area contributed by atoms with Crippen LogP contribution in [0.4, 0.5) is 5.69 Å². The molecule has 1 fully saturated rings. The number of benzene rings is 2. The topological polar surface area (TPSA) is 32.8 Å². The molecule has 25 heavy (non-hydrogen) atoms. The highest BCUT2D eigenvalue weighted by Gasteiger charge is 2.17. The maximum atomic E-state index is 11.5. The molecule has 0 unspecified atom stereocenters. The molecule has 1 heterocycles. The van der Waals surface area contributed by atoms with Gasteiger partial charge in [0.05, 0.1) is 13.0 Å². The van der Waals surface area contributed by atoms with Crippen molar-refractivity contribution in [1.82, 2.24) is 4.90 Å². The average Bonchev–Trinajstić information content (AvgIpc) is 2.64. The molecule has 0 spiro atoms. The van der Waals surface area contributed by atoms with Gasteiger partial charge < -0.3 is 9.64 Å². The number of hydrogen-bond donors (Lipinski definition) is 0. The first-order valence-electron chi connectivity index (χ1n) is 9.00. The zero-order valence-electron chi connectivity index (χ0n) is 14.9. The number of carbonyl (C=O) groups is 1. The minimum Gasteiger partial charge on any atom is -0.466 e. The lowest BCUT2D eigenvalue weighted by molar-refractivity contribution is -0.142. The molecule has 132 valence electrons. The first kappa shape index (κ1) is 17.5. The fourth-order valence-electron chi connectivity index (χ4n) is 3.21. The third-order valence-corrected chi connectivity index (χ3v) is 4.58. The first-order valence-corrected chi connectivity index (χ1v) is 9.00. The number of piperazine rings is 1. The molecule has 0 aromatic heterocycles. The molecule has 0 aliphatic carbocycles. The van der Waals surface area contributed by atoms with Gasteiger partial charge in [0.15, 0.2) is 0 Å². The summed E-state index contributed by atoms with van der Waals surface area (Å²) < 4.78 is 5.00. The van der Waals surface area contributed by atoms with Crippen LogP contribution in [-0.2, 0) is 22.5 Å². The number of ether oxygens (including phenoxy) is 1. The molecule has 4 nitrogen and oxygen atoms in total. The van der Waals surface area contributed by atoms with Gasteiger partial charge in [0.1, 0.15) is 0 Å². The summed E-state index contributed by atoms with van der Waals surface area (Å²) in [7, 11) is 0. The normalized spacial score (nSPS) is 15.2. The second-order valence-electron chi connectivity index (χ2n) is 6.40. The van der Waals surface area contributed by atoms with E-state index in [9.17, 15) is 4.79 Å². The Morgan fingerprint density at radius 3 is 2.24 bits per heavy atom. The van der Waals surface area contributed by atoms with Crippen molar-refractivity contribution < 1.29 is 9.53 Å². The van der Waals surface area contributed by atoms with Crippen LogP contribution in [0.15, 0.2) is 54.6 Å². The average molecular weight is 338 g/mol. The van der Waals surface area contributed by atoms with Crippen LogP contribution in [-0.4, -0.2) is 43.7 Å². The van der Waals surface area contributed by atoms with Crippen molar-refractivity contribution in [3.8, 4) is 0 Å². The summed E-state index contributed by atoms with van der Waals surface area (Å²) in [5, 5.41) is 0. The second kappa shape index (κ2) is 8.67. The van der Waals surface area contributed by atoms with Crippen molar-refractivity contribution in [2.24, 2.45) is 0 Å². The maximum absolute atomic E-state index is 11.5. The standard InChI is InChI=1S/C21H26N2O2/c1-2-25-21(24)16-18-8-10-20(11-9-18)23-14-12-22(13-15-23)17-19-6-4-3-5-7-19/h3-11H,2,12-17H2,1H3. The van der Waals surface area contributed by atoms with Crippen LogP contribution in [0.2, 0.25) is 0 Å². The summed E-state index contributed by atoms with van der Waals surface area (Å²) in [6.45, 7) is 7.49. The number of anilines is 1. The van der Waals surface area contributed by atoms with Crippen LogP contribution < -0.4 is 4.90 Å². The fourth-order valence-corrected chi connectivity index (χ4v) is 3.21. The van der Waals surface area contributed by atoms with Crippen molar-refractivity contribution in [2.45, 2.75) is 19.9 Å². The van der Waals surface area contributed by atoms with Gasteiger partial charge in [-0.25, -0.2) is 0 Å². The number of hydrogen-bond acceptors (Lipinski definition) is 4. The highest BCUT2D eigenvalue weighted by Crippen LogP contribution is 2.18. The summed E-state index contributed by atoms with van der Waals surface area (Å²) in [6.07, 6.45) is 0.346. The van der Waals surface area contributed by atoms with E-state index in [2.05, 4.69) is 52.3 Å². The Hall–Kier alpha value is -2.33. The molecule has 1 saturated heterocycles. The lowest BCUT2D eigenvalue weighted by Crippen LogP contribution is -2.45. The fraction of sp³-hybridized carbons (Fsp3) is 0.381. The molecule has 0 bridgehead atoms. The Morgan fingerprint density at radius 2 is 1.60 bits per heavy atom. The first-order chi connectivity index (χ1) is 12.2. The van der Waals surface area contributed by atoms with Crippen LogP contribution in [0.5, 0.6) is 0 Å². The summed E-state index contributed by atoms with van der Waals surface area (Å²) in [5.41, 5.74) is 3.61. The number of esters is 1. The number of rotatable bonds is 6. The zero-order valence-corrected chi connectivity index (χ0v) is 14.9. The van der Waals surface area contributed by atoms with Crippen molar-refractivity contribution in [3.63, 3.8) is 0 Å². The summed E-state index contributed by atoms with van der Waals surface area (Å²) in [6, 6.07) is 18.9. The SMILES string of the molecule is CCOC(=O)Cc1ccc(N2CCN(Cc3ccccc3)CC2)cc1. The molecule has 0 N–H and O–H groups in total. The molecule has 2 aromatic rings. The van der Waals surface area contributed by atoms with Crippen molar-refractivity contribution >= 4 is 11.7 Å². The summed E-state index contributed by atoms with van der Waals surface area (Å²) in [4.78, 5) is 16.5. The van der Waals surface area contributed by atoms with Crippen LogP contribution in [0.1, 0.15) is 18.1 Å². The van der Waals surface area contributed by atoms with E-state index in [1.807, 2.05) is 19.1 Å². The Kier molecular flexibility index (Phi) is 6.07. The van der Waals surface area contributed by atoms with E-state index in [1.54, 1.807) is 0 Å². The third-order valence-electron chi connectivity index (χ3n) is 4.58. The van der Waals surface area contributed by atoms with E-state index in [1.165, 1.54) is 11.3 Å². The van der Waals surface area contributed by atoms with Crippen LogP contribution >= 0.6 is 0 Å². The summed E-state index contributed by atoms with van der Waals surface area (Å²) in [5.74, 6) is -0.162. The van der Waals surface area contributed by atoms with Crippen molar-refractivity contribution in [2.75, 3.05) is 37.7 Å². The molecule has 0 radical (unpaired) electrons. The van der Waals surface area contributed by atoms with Crippen molar-refractivity contribution in [1.29, 1.82) is 0 Å². The van der Waals surface area contributed by atoms with Crippen LogP contribution in [0.3, 0.4) is 0 Å². The molecule has 3 rings (SSSR count). The lowest BCUT2D eigenvalue weighted by Gasteiger charge is -2.36. The molecule has 0 amide bonds. The predicted octanol–water partition coefficient (Wildman–Crippen LogP) is 3.11. The number of nitrogens with zero attached hydrogens (tertiary/aromatic N) is 2. The molecule has 4 heteroatoms. The minimum atomic E-state index is -0.162.